The molecule has 10 heteroatoms. The van der Waals surface area contributed by atoms with Crippen molar-refractivity contribution in [3.05, 3.63) is 80.7 Å². The molecule has 0 aliphatic rings. The van der Waals surface area contributed by atoms with Crippen molar-refractivity contribution in [1.82, 2.24) is 9.55 Å². The molecule has 0 atom stereocenters. The normalized spacial score (nSPS) is 11.0. The van der Waals surface area contributed by atoms with Gasteiger partial charge < -0.3 is 10.1 Å². The van der Waals surface area contributed by atoms with E-state index in [2.05, 4.69) is 10.3 Å². The minimum absolute atomic E-state index is 0.0150. The third kappa shape index (κ3) is 4.95. The summed E-state index contributed by atoms with van der Waals surface area (Å²) in [5, 5.41) is 5.44. The monoisotopic (exact) mass is 489 g/mol. The lowest BCUT2D eigenvalue weighted by molar-refractivity contribution is -0.113. The lowest BCUT2D eigenvalue weighted by Crippen LogP contribution is -2.24. The fourth-order valence-corrected chi connectivity index (χ4v) is 4.79. The third-order valence-corrected chi connectivity index (χ3v) is 6.66. The third-order valence-electron chi connectivity index (χ3n) is 4.55. The second kappa shape index (κ2) is 9.72. The van der Waals surface area contributed by atoms with E-state index in [4.69, 9.17) is 16.3 Å². The number of benzene rings is 2. The van der Waals surface area contributed by atoms with Crippen molar-refractivity contribution in [1.29, 1.82) is 0 Å². The number of amides is 1. The molecule has 0 aliphatic heterocycles. The molecule has 0 saturated heterocycles. The average molecular weight is 490 g/mol. The van der Waals surface area contributed by atoms with Crippen molar-refractivity contribution >= 4 is 56.5 Å². The summed E-state index contributed by atoms with van der Waals surface area (Å²) < 4.78 is 20.6. The minimum Gasteiger partial charge on any atom is -0.495 e. The number of hydrogen-bond acceptors (Lipinski definition) is 6. The molecule has 2 aromatic carbocycles. The van der Waals surface area contributed by atoms with Crippen LogP contribution in [0.25, 0.3) is 10.2 Å². The fraction of sp³-hybridized carbons (Fsp3) is 0.136. The Labute approximate surface area is 196 Å². The van der Waals surface area contributed by atoms with Crippen molar-refractivity contribution in [2.75, 3.05) is 18.2 Å². The molecule has 0 saturated carbocycles. The molecular formula is C22H17ClFN3O3S2. The van der Waals surface area contributed by atoms with Crippen LogP contribution in [0.4, 0.5) is 10.1 Å². The lowest BCUT2D eigenvalue weighted by atomic mass is 10.2. The Morgan fingerprint density at radius 1 is 1.25 bits per heavy atom. The van der Waals surface area contributed by atoms with E-state index in [-0.39, 0.29) is 29.6 Å². The number of carbonyl (C=O) groups is 1. The summed E-state index contributed by atoms with van der Waals surface area (Å²) in [4.78, 5) is 30.2. The molecule has 0 bridgehead atoms. The smallest absolute Gasteiger partial charge is 0.272 e. The summed E-state index contributed by atoms with van der Waals surface area (Å²) in [7, 11) is 1.50. The number of hydrogen-bond donors (Lipinski definition) is 1. The van der Waals surface area contributed by atoms with Crippen LogP contribution in [0.15, 0.2) is 63.9 Å². The van der Waals surface area contributed by atoms with Crippen LogP contribution in [0.3, 0.4) is 0 Å². The first kappa shape index (κ1) is 22.3. The second-order valence-corrected chi connectivity index (χ2v) is 9.02. The van der Waals surface area contributed by atoms with Crippen LogP contribution >= 0.6 is 34.7 Å². The second-order valence-electron chi connectivity index (χ2n) is 6.73. The van der Waals surface area contributed by atoms with Crippen molar-refractivity contribution in [3.8, 4) is 5.75 Å². The number of halogens is 2. The number of carbonyl (C=O) groups excluding carboxylic acids is 1. The van der Waals surface area contributed by atoms with Gasteiger partial charge in [-0.05, 0) is 47.3 Å². The lowest BCUT2D eigenvalue weighted by Gasteiger charge is -2.13. The van der Waals surface area contributed by atoms with Crippen LogP contribution in [0, 0.1) is 5.82 Å². The zero-order valence-electron chi connectivity index (χ0n) is 16.8. The van der Waals surface area contributed by atoms with Gasteiger partial charge in [0.05, 0.1) is 30.6 Å². The highest BCUT2D eigenvalue weighted by Gasteiger charge is 2.16. The fourth-order valence-electron chi connectivity index (χ4n) is 3.04. The molecule has 164 valence electrons. The Morgan fingerprint density at radius 2 is 2.03 bits per heavy atom. The highest BCUT2D eigenvalue weighted by Crippen LogP contribution is 2.28. The number of nitrogens with zero attached hydrogens (tertiary/aromatic N) is 2. The Bertz CT molecular complexity index is 1340. The first-order valence-electron chi connectivity index (χ1n) is 9.43. The van der Waals surface area contributed by atoms with Crippen LogP contribution in [0.2, 0.25) is 5.02 Å². The van der Waals surface area contributed by atoms with Gasteiger partial charge in [0.2, 0.25) is 5.91 Å². The molecule has 32 heavy (non-hydrogen) atoms. The highest BCUT2D eigenvalue weighted by atomic mass is 35.5. The SMILES string of the molecule is COc1ccc(Cl)cc1NC(=O)CSc1nc2ccsc2c(=O)n1Cc1ccc(F)cc1. The van der Waals surface area contributed by atoms with Gasteiger partial charge in [0.1, 0.15) is 16.3 Å². The summed E-state index contributed by atoms with van der Waals surface area (Å²) in [5.74, 6) is -0.153. The van der Waals surface area contributed by atoms with Crippen LogP contribution in [0.1, 0.15) is 5.56 Å². The predicted octanol–water partition coefficient (Wildman–Crippen LogP) is 5.04. The number of nitrogens with one attached hydrogen (secondary N) is 1. The van der Waals surface area contributed by atoms with E-state index in [0.29, 0.717) is 31.8 Å². The first-order chi connectivity index (χ1) is 15.4. The van der Waals surface area contributed by atoms with Crippen LogP contribution < -0.4 is 15.6 Å². The summed E-state index contributed by atoms with van der Waals surface area (Å²) in [6.45, 7) is 0.214. The van der Waals surface area contributed by atoms with Gasteiger partial charge in [0.25, 0.3) is 5.56 Å². The van der Waals surface area contributed by atoms with Crippen molar-refractivity contribution in [2.24, 2.45) is 0 Å². The van der Waals surface area contributed by atoms with Crippen molar-refractivity contribution in [3.63, 3.8) is 0 Å². The number of thioether (sulfide) groups is 1. The summed E-state index contributed by atoms with van der Waals surface area (Å²) in [6, 6.07) is 12.6. The largest absolute Gasteiger partial charge is 0.495 e. The summed E-state index contributed by atoms with van der Waals surface area (Å²) in [6.07, 6.45) is 0. The Hall–Kier alpha value is -2.88. The quantitative estimate of drug-likeness (QED) is 0.291. The predicted molar refractivity (Wildman–Crippen MR) is 127 cm³/mol. The molecule has 0 unspecified atom stereocenters. The van der Waals surface area contributed by atoms with Crippen molar-refractivity contribution < 1.29 is 13.9 Å². The van der Waals surface area contributed by atoms with E-state index in [1.165, 1.54) is 35.1 Å². The Kier molecular flexibility index (Phi) is 6.78. The maximum atomic E-state index is 13.3. The van der Waals surface area contributed by atoms with Gasteiger partial charge in [0, 0.05) is 5.02 Å². The van der Waals surface area contributed by atoms with E-state index in [1.54, 1.807) is 41.8 Å². The molecule has 0 radical (unpaired) electrons. The van der Waals surface area contributed by atoms with E-state index in [0.717, 1.165) is 17.3 Å². The number of thiophene rings is 1. The van der Waals surface area contributed by atoms with Gasteiger partial charge in [-0.2, -0.15) is 0 Å². The number of ether oxygens (including phenoxy) is 1. The molecule has 0 spiro atoms. The number of fused-ring (bicyclic) bond motifs is 1. The summed E-state index contributed by atoms with van der Waals surface area (Å²) >= 11 is 8.47. The number of anilines is 1. The molecule has 1 N–H and O–H groups in total. The van der Waals surface area contributed by atoms with Crippen LogP contribution in [-0.2, 0) is 11.3 Å². The van der Waals surface area contributed by atoms with Gasteiger partial charge in [-0.3, -0.25) is 14.2 Å². The molecule has 1 amide bonds. The van der Waals surface area contributed by atoms with E-state index >= 15 is 0 Å². The molecule has 2 aromatic heterocycles. The maximum absolute atomic E-state index is 13.3. The van der Waals surface area contributed by atoms with Gasteiger partial charge in [0.15, 0.2) is 5.16 Å². The Morgan fingerprint density at radius 3 is 2.78 bits per heavy atom. The Balaban J connectivity index is 1.58. The number of methoxy groups -OCH3 is 1. The zero-order valence-corrected chi connectivity index (χ0v) is 19.2. The average Bonchev–Trinajstić information content (AvgIpc) is 3.25. The first-order valence-corrected chi connectivity index (χ1v) is 11.7. The highest BCUT2D eigenvalue weighted by molar-refractivity contribution is 7.99. The molecule has 4 aromatic rings. The van der Waals surface area contributed by atoms with E-state index in [9.17, 15) is 14.0 Å². The number of aromatic nitrogens is 2. The van der Waals surface area contributed by atoms with Crippen LogP contribution in [0.5, 0.6) is 5.75 Å². The van der Waals surface area contributed by atoms with Gasteiger partial charge in [-0.25, -0.2) is 9.37 Å². The zero-order chi connectivity index (χ0) is 22.7. The topological polar surface area (TPSA) is 73.2 Å². The maximum Gasteiger partial charge on any atom is 0.272 e. The van der Waals surface area contributed by atoms with Gasteiger partial charge in [-0.15, -0.1) is 11.3 Å². The standard InChI is InChI=1S/C22H17ClFN3O3S2/c1-30-18-7-4-14(23)10-17(18)25-19(28)12-32-22-26-16-8-9-31-20(16)21(29)27(22)11-13-2-5-15(24)6-3-13/h2-10H,11-12H2,1H3,(H,25,28). The molecule has 2 heterocycles. The minimum atomic E-state index is -0.351. The van der Waals surface area contributed by atoms with Gasteiger partial charge >= 0.3 is 0 Å². The molecular weight excluding hydrogens is 473 g/mol. The summed E-state index contributed by atoms with van der Waals surface area (Å²) in [5.41, 5.74) is 1.58. The number of rotatable bonds is 7. The van der Waals surface area contributed by atoms with E-state index < -0.39 is 0 Å². The van der Waals surface area contributed by atoms with E-state index in [1.807, 2.05) is 0 Å². The molecule has 4 rings (SSSR count). The van der Waals surface area contributed by atoms with Crippen LogP contribution in [-0.4, -0.2) is 28.3 Å². The van der Waals surface area contributed by atoms with Gasteiger partial charge in [-0.1, -0.05) is 35.5 Å². The molecule has 0 fully saturated rings. The van der Waals surface area contributed by atoms with Crippen molar-refractivity contribution in [2.45, 2.75) is 11.7 Å². The molecule has 6 nitrogen and oxygen atoms in total. The molecule has 0 aliphatic carbocycles.